The van der Waals surface area contributed by atoms with E-state index in [4.69, 9.17) is 4.74 Å². The van der Waals surface area contributed by atoms with Gasteiger partial charge in [-0.25, -0.2) is 0 Å². The van der Waals surface area contributed by atoms with Crippen LogP contribution >= 0.6 is 0 Å². The molecular formula is C22H18N2O3. The molecule has 5 nitrogen and oxygen atoms in total. The molecule has 4 rings (SSSR count). The average molecular weight is 358 g/mol. The average Bonchev–Trinajstić information content (AvgIpc) is 3.11. The van der Waals surface area contributed by atoms with E-state index < -0.39 is 0 Å². The highest BCUT2D eigenvalue weighted by atomic mass is 16.5. The maximum atomic E-state index is 12.5. The molecule has 1 aliphatic rings. The minimum Gasteiger partial charge on any atom is -0.497 e. The van der Waals surface area contributed by atoms with Crippen LogP contribution in [0.1, 0.15) is 26.3 Å². The summed E-state index contributed by atoms with van der Waals surface area (Å²) in [4.78, 5) is 24.9. The highest BCUT2D eigenvalue weighted by Gasteiger charge is 2.27. The van der Waals surface area contributed by atoms with E-state index >= 15 is 0 Å². The SMILES string of the molecule is COc1cccc(-c2ccc(NC(=O)c3ccccc3)c3c2CNC3=O)c1. The predicted molar refractivity (Wildman–Crippen MR) is 104 cm³/mol. The first-order valence-electron chi connectivity index (χ1n) is 8.62. The molecule has 0 saturated carbocycles. The zero-order chi connectivity index (χ0) is 18.8. The number of hydrogen-bond acceptors (Lipinski definition) is 3. The lowest BCUT2D eigenvalue weighted by Gasteiger charge is -2.13. The summed E-state index contributed by atoms with van der Waals surface area (Å²) in [6.07, 6.45) is 0. The van der Waals surface area contributed by atoms with Crippen LogP contribution < -0.4 is 15.4 Å². The van der Waals surface area contributed by atoms with Crippen molar-refractivity contribution < 1.29 is 14.3 Å². The molecule has 2 N–H and O–H groups in total. The Balaban J connectivity index is 1.74. The van der Waals surface area contributed by atoms with Gasteiger partial charge in [-0.3, -0.25) is 9.59 Å². The summed E-state index contributed by atoms with van der Waals surface area (Å²) in [6.45, 7) is 0.426. The van der Waals surface area contributed by atoms with Gasteiger partial charge >= 0.3 is 0 Å². The van der Waals surface area contributed by atoms with Gasteiger partial charge in [-0.1, -0.05) is 36.4 Å². The van der Waals surface area contributed by atoms with Crippen molar-refractivity contribution in [1.29, 1.82) is 0 Å². The molecule has 0 unspecified atom stereocenters. The second-order valence-corrected chi connectivity index (χ2v) is 6.25. The molecule has 0 atom stereocenters. The van der Waals surface area contributed by atoms with Gasteiger partial charge in [0.2, 0.25) is 0 Å². The van der Waals surface area contributed by atoms with Crippen LogP contribution in [0.5, 0.6) is 5.75 Å². The predicted octanol–water partition coefficient (Wildman–Crippen LogP) is 3.86. The Bertz CT molecular complexity index is 1030. The Hall–Kier alpha value is -3.60. The Kier molecular flexibility index (Phi) is 4.34. The van der Waals surface area contributed by atoms with Gasteiger partial charge in [-0.2, -0.15) is 0 Å². The molecule has 134 valence electrons. The van der Waals surface area contributed by atoms with E-state index in [-0.39, 0.29) is 11.8 Å². The van der Waals surface area contributed by atoms with Gasteiger partial charge in [0.25, 0.3) is 11.8 Å². The van der Waals surface area contributed by atoms with Gasteiger partial charge in [0, 0.05) is 12.1 Å². The fourth-order valence-electron chi connectivity index (χ4n) is 3.30. The highest BCUT2D eigenvalue weighted by molar-refractivity contribution is 6.11. The van der Waals surface area contributed by atoms with Crippen molar-refractivity contribution in [2.75, 3.05) is 12.4 Å². The summed E-state index contributed by atoms with van der Waals surface area (Å²) in [7, 11) is 1.62. The number of fused-ring (bicyclic) bond motifs is 1. The lowest BCUT2D eigenvalue weighted by molar-refractivity contribution is 0.0966. The second kappa shape index (κ2) is 6.96. The van der Waals surface area contributed by atoms with Crippen molar-refractivity contribution in [2.45, 2.75) is 6.54 Å². The van der Waals surface area contributed by atoms with E-state index in [0.29, 0.717) is 23.4 Å². The van der Waals surface area contributed by atoms with Gasteiger partial charge < -0.3 is 15.4 Å². The first kappa shape index (κ1) is 16.8. The van der Waals surface area contributed by atoms with Crippen molar-refractivity contribution in [2.24, 2.45) is 0 Å². The normalized spacial score (nSPS) is 12.3. The summed E-state index contributed by atoms with van der Waals surface area (Å²) >= 11 is 0. The highest BCUT2D eigenvalue weighted by Crippen LogP contribution is 2.35. The van der Waals surface area contributed by atoms with Gasteiger partial charge in [0.1, 0.15) is 5.75 Å². The maximum absolute atomic E-state index is 12.5. The van der Waals surface area contributed by atoms with Crippen LogP contribution in [0.2, 0.25) is 0 Å². The van der Waals surface area contributed by atoms with Crippen LogP contribution in [0.3, 0.4) is 0 Å². The Morgan fingerprint density at radius 2 is 1.85 bits per heavy atom. The molecule has 0 fully saturated rings. The van der Waals surface area contributed by atoms with E-state index in [0.717, 1.165) is 22.4 Å². The van der Waals surface area contributed by atoms with Crippen molar-refractivity contribution in [3.8, 4) is 16.9 Å². The molecule has 1 heterocycles. The summed E-state index contributed by atoms with van der Waals surface area (Å²) in [5, 5.41) is 5.72. The molecule has 0 bridgehead atoms. The Labute approximate surface area is 157 Å². The molecule has 0 aromatic heterocycles. The van der Waals surface area contributed by atoms with Crippen LogP contribution in [-0.4, -0.2) is 18.9 Å². The van der Waals surface area contributed by atoms with E-state index in [2.05, 4.69) is 10.6 Å². The number of carbonyl (C=O) groups excluding carboxylic acids is 2. The molecule has 5 heteroatoms. The fourth-order valence-corrected chi connectivity index (χ4v) is 3.30. The van der Waals surface area contributed by atoms with E-state index in [1.807, 2.05) is 36.4 Å². The van der Waals surface area contributed by atoms with Gasteiger partial charge in [0.15, 0.2) is 0 Å². The number of methoxy groups -OCH3 is 1. The third-order valence-electron chi connectivity index (χ3n) is 4.63. The lowest BCUT2D eigenvalue weighted by atomic mass is 9.95. The summed E-state index contributed by atoms with van der Waals surface area (Å²) in [6, 6.07) is 20.3. The van der Waals surface area contributed by atoms with Gasteiger partial charge in [-0.05, 0) is 47.0 Å². The zero-order valence-electron chi connectivity index (χ0n) is 14.8. The molecule has 0 spiro atoms. The molecule has 3 aromatic carbocycles. The van der Waals surface area contributed by atoms with Crippen LogP contribution in [-0.2, 0) is 6.54 Å². The van der Waals surface area contributed by atoms with Crippen LogP contribution in [0.4, 0.5) is 5.69 Å². The third kappa shape index (κ3) is 3.15. The first-order chi connectivity index (χ1) is 13.2. The maximum Gasteiger partial charge on any atom is 0.255 e. The molecule has 0 saturated heterocycles. The Morgan fingerprint density at radius 3 is 2.63 bits per heavy atom. The molecule has 3 aromatic rings. The second-order valence-electron chi connectivity index (χ2n) is 6.25. The number of hydrogen-bond donors (Lipinski definition) is 2. The number of nitrogens with one attached hydrogen (secondary N) is 2. The van der Waals surface area contributed by atoms with Crippen LogP contribution in [0.15, 0.2) is 66.7 Å². The zero-order valence-corrected chi connectivity index (χ0v) is 14.8. The summed E-state index contributed by atoms with van der Waals surface area (Å²) in [5.41, 5.74) is 4.35. The number of rotatable bonds is 4. The molecular weight excluding hydrogens is 340 g/mol. The standard InChI is InChI=1S/C22H18N2O3/c1-27-16-9-5-8-15(12-16)17-10-11-19(20-18(17)13-23-22(20)26)24-21(25)14-6-3-2-4-7-14/h2-12H,13H2,1H3,(H,23,26)(H,24,25). The molecule has 2 amide bonds. The van der Waals surface area contributed by atoms with Crippen molar-refractivity contribution in [1.82, 2.24) is 5.32 Å². The van der Waals surface area contributed by atoms with E-state index in [1.165, 1.54) is 0 Å². The molecule has 27 heavy (non-hydrogen) atoms. The molecule has 0 aliphatic carbocycles. The van der Waals surface area contributed by atoms with Gasteiger partial charge in [-0.15, -0.1) is 0 Å². The fraction of sp³-hybridized carbons (Fsp3) is 0.0909. The van der Waals surface area contributed by atoms with Crippen molar-refractivity contribution in [3.05, 3.63) is 83.4 Å². The molecule has 1 aliphatic heterocycles. The quantitative estimate of drug-likeness (QED) is 0.744. The number of amides is 2. The number of anilines is 1. The summed E-state index contributed by atoms with van der Waals surface area (Å²) < 4.78 is 5.30. The van der Waals surface area contributed by atoms with E-state index in [9.17, 15) is 9.59 Å². The number of ether oxygens (including phenoxy) is 1. The van der Waals surface area contributed by atoms with E-state index in [1.54, 1.807) is 37.4 Å². The van der Waals surface area contributed by atoms with Gasteiger partial charge in [0.05, 0.1) is 18.4 Å². The minimum absolute atomic E-state index is 0.182. The van der Waals surface area contributed by atoms with Crippen molar-refractivity contribution >= 4 is 17.5 Å². The summed E-state index contributed by atoms with van der Waals surface area (Å²) in [5.74, 6) is 0.324. The smallest absolute Gasteiger partial charge is 0.255 e. The number of benzene rings is 3. The number of carbonyl (C=O) groups is 2. The lowest BCUT2D eigenvalue weighted by Crippen LogP contribution is -2.17. The van der Waals surface area contributed by atoms with Crippen LogP contribution in [0, 0.1) is 0 Å². The Morgan fingerprint density at radius 1 is 1.04 bits per heavy atom. The third-order valence-corrected chi connectivity index (χ3v) is 4.63. The van der Waals surface area contributed by atoms with Crippen LogP contribution in [0.25, 0.3) is 11.1 Å². The topological polar surface area (TPSA) is 67.4 Å². The minimum atomic E-state index is -0.244. The monoisotopic (exact) mass is 358 g/mol. The largest absolute Gasteiger partial charge is 0.497 e. The van der Waals surface area contributed by atoms with Crippen molar-refractivity contribution in [3.63, 3.8) is 0 Å². The first-order valence-corrected chi connectivity index (χ1v) is 8.62. The molecule has 0 radical (unpaired) electrons.